The molecule has 10 heavy (non-hydrogen) atoms. The van der Waals surface area contributed by atoms with Crippen molar-refractivity contribution in [3.63, 3.8) is 0 Å². The lowest BCUT2D eigenvalue weighted by Crippen LogP contribution is -2.34. The molecule has 0 aromatic carbocycles. The van der Waals surface area contributed by atoms with Crippen molar-refractivity contribution in [2.45, 2.75) is 18.1 Å². The second-order valence-electron chi connectivity index (χ2n) is 2.85. The van der Waals surface area contributed by atoms with Gasteiger partial charge in [0.05, 0.1) is 0 Å². The second-order valence-corrected chi connectivity index (χ2v) is 5.33. The van der Waals surface area contributed by atoms with E-state index in [1.807, 2.05) is 0 Å². The fourth-order valence-electron chi connectivity index (χ4n) is 1.25. The van der Waals surface area contributed by atoms with E-state index in [1.165, 1.54) is 0 Å². The van der Waals surface area contributed by atoms with Gasteiger partial charge in [0.2, 0.25) is 0 Å². The van der Waals surface area contributed by atoms with Gasteiger partial charge < -0.3 is 5.32 Å². The van der Waals surface area contributed by atoms with Gasteiger partial charge in [0.1, 0.15) is 0 Å². The Balaban J connectivity index is 2.56. The van der Waals surface area contributed by atoms with E-state index in [0.717, 1.165) is 25.9 Å². The molecule has 3 nitrogen and oxygen atoms in total. The van der Waals surface area contributed by atoms with Crippen LogP contribution in [0.5, 0.6) is 0 Å². The molecule has 1 aliphatic rings. The average molecular weight is 162 g/mol. The van der Waals surface area contributed by atoms with E-state index in [0.29, 0.717) is 0 Å². The van der Waals surface area contributed by atoms with Crippen LogP contribution in [0.4, 0.5) is 0 Å². The van der Waals surface area contributed by atoms with Gasteiger partial charge in [-0.1, -0.05) is 0 Å². The van der Waals surface area contributed by atoms with Crippen LogP contribution in [0.1, 0.15) is 12.8 Å². The van der Waals surface area contributed by atoms with Crippen molar-refractivity contribution >= 4 is 9.73 Å². The van der Waals surface area contributed by atoms with Crippen LogP contribution in [-0.2, 0) is 9.73 Å². The monoisotopic (exact) mass is 162 g/mol. The van der Waals surface area contributed by atoms with Crippen molar-refractivity contribution in [3.8, 4) is 0 Å². The molecule has 0 amide bonds. The highest BCUT2D eigenvalue weighted by atomic mass is 32.2. The first-order valence-electron chi connectivity index (χ1n) is 3.54. The van der Waals surface area contributed by atoms with Gasteiger partial charge in [-0.2, -0.15) is 0 Å². The number of rotatable bonds is 1. The standard InChI is InChI=1S/C6H14N2OS/c1-10(7,9)6-2-4-8-5-3-6/h6-8H,2-5H2,1H3. The lowest BCUT2D eigenvalue weighted by molar-refractivity contribution is 0.517. The highest BCUT2D eigenvalue weighted by Crippen LogP contribution is 2.11. The maximum absolute atomic E-state index is 11.2. The van der Waals surface area contributed by atoms with Crippen molar-refractivity contribution < 1.29 is 4.21 Å². The Bertz CT molecular complexity index is 192. The summed E-state index contributed by atoms with van der Waals surface area (Å²) in [7, 11) is -2.27. The fourth-order valence-corrected chi connectivity index (χ4v) is 2.38. The molecule has 60 valence electrons. The Morgan fingerprint density at radius 1 is 1.50 bits per heavy atom. The predicted molar refractivity (Wildman–Crippen MR) is 42.7 cm³/mol. The topological polar surface area (TPSA) is 53.0 Å². The number of hydrogen-bond donors (Lipinski definition) is 2. The predicted octanol–water partition coefficient (Wildman–Crippen LogP) is 0.415. The van der Waals surface area contributed by atoms with Crippen molar-refractivity contribution in [1.82, 2.24) is 5.32 Å². The minimum Gasteiger partial charge on any atom is -0.317 e. The highest BCUT2D eigenvalue weighted by molar-refractivity contribution is 7.92. The molecular weight excluding hydrogens is 148 g/mol. The number of nitrogens with one attached hydrogen (secondary N) is 2. The van der Waals surface area contributed by atoms with E-state index in [-0.39, 0.29) is 5.25 Å². The molecule has 1 unspecified atom stereocenters. The van der Waals surface area contributed by atoms with E-state index >= 15 is 0 Å². The summed E-state index contributed by atoms with van der Waals surface area (Å²) < 4.78 is 18.5. The molecule has 0 spiro atoms. The van der Waals surface area contributed by atoms with E-state index in [9.17, 15) is 4.21 Å². The van der Waals surface area contributed by atoms with Gasteiger partial charge in [-0.3, -0.25) is 4.78 Å². The molecule has 1 rings (SSSR count). The van der Waals surface area contributed by atoms with E-state index < -0.39 is 9.73 Å². The molecule has 0 aromatic rings. The van der Waals surface area contributed by atoms with Gasteiger partial charge in [0.25, 0.3) is 0 Å². The Labute approximate surface area is 62.2 Å². The maximum Gasteiger partial charge on any atom is 0.0449 e. The number of piperidine rings is 1. The molecule has 1 heterocycles. The van der Waals surface area contributed by atoms with E-state index in [2.05, 4.69) is 5.32 Å². The third kappa shape index (κ3) is 1.95. The SMILES string of the molecule is CS(=N)(=O)C1CCNCC1. The summed E-state index contributed by atoms with van der Waals surface area (Å²) in [4.78, 5) is 0. The molecule has 0 aliphatic carbocycles. The Morgan fingerprint density at radius 3 is 2.30 bits per heavy atom. The van der Waals surface area contributed by atoms with Crippen LogP contribution in [0, 0.1) is 4.78 Å². The Kier molecular flexibility index (Phi) is 2.31. The van der Waals surface area contributed by atoms with Crippen molar-refractivity contribution in [2.75, 3.05) is 19.3 Å². The van der Waals surface area contributed by atoms with Gasteiger partial charge >= 0.3 is 0 Å². The van der Waals surface area contributed by atoms with Gasteiger partial charge in [-0.05, 0) is 25.9 Å². The summed E-state index contributed by atoms with van der Waals surface area (Å²) in [5.74, 6) is 0. The molecule has 1 fully saturated rings. The Hall–Kier alpha value is -0.0900. The zero-order chi connectivity index (χ0) is 7.61. The zero-order valence-electron chi connectivity index (χ0n) is 6.22. The summed E-state index contributed by atoms with van der Waals surface area (Å²) in [6, 6.07) is 0. The lowest BCUT2D eigenvalue weighted by Gasteiger charge is -2.22. The van der Waals surface area contributed by atoms with Gasteiger partial charge in [-0.25, -0.2) is 4.21 Å². The summed E-state index contributed by atoms with van der Waals surface area (Å²) in [6.07, 6.45) is 3.35. The molecule has 4 heteroatoms. The quantitative estimate of drug-likeness (QED) is 0.587. The van der Waals surface area contributed by atoms with Gasteiger partial charge in [0.15, 0.2) is 0 Å². The van der Waals surface area contributed by atoms with E-state index in [4.69, 9.17) is 4.78 Å². The molecule has 0 aromatic heterocycles. The third-order valence-corrected chi connectivity index (χ3v) is 3.67. The average Bonchev–Trinajstić information content (AvgIpc) is 1.88. The smallest absolute Gasteiger partial charge is 0.0449 e. The minimum atomic E-state index is -2.27. The summed E-state index contributed by atoms with van der Waals surface area (Å²) >= 11 is 0. The van der Waals surface area contributed by atoms with Crippen LogP contribution in [0.25, 0.3) is 0 Å². The van der Waals surface area contributed by atoms with Crippen molar-refractivity contribution in [3.05, 3.63) is 0 Å². The first-order valence-corrected chi connectivity index (χ1v) is 5.57. The molecule has 0 saturated carbocycles. The maximum atomic E-state index is 11.2. The summed E-state index contributed by atoms with van der Waals surface area (Å²) in [5.41, 5.74) is 0. The lowest BCUT2D eigenvalue weighted by atomic mass is 10.2. The first kappa shape index (κ1) is 8.01. The van der Waals surface area contributed by atoms with Gasteiger partial charge in [-0.15, -0.1) is 0 Å². The minimum absolute atomic E-state index is 0.133. The molecular formula is C6H14N2OS. The fraction of sp³-hybridized carbons (Fsp3) is 1.00. The summed E-state index contributed by atoms with van der Waals surface area (Å²) in [5, 5.41) is 3.31. The largest absolute Gasteiger partial charge is 0.317 e. The molecule has 1 saturated heterocycles. The number of hydrogen-bond acceptors (Lipinski definition) is 3. The van der Waals surface area contributed by atoms with Crippen LogP contribution in [0.3, 0.4) is 0 Å². The van der Waals surface area contributed by atoms with Crippen LogP contribution in [0.2, 0.25) is 0 Å². The normalized spacial score (nSPS) is 27.7. The summed E-state index contributed by atoms with van der Waals surface area (Å²) in [6.45, 7) is 1.85. The second kappa shape index (κ2) is 2.88. The van der Waals surface area contributed by atoms with Crippen molar-refractivity contribution in [1.29, 1.82) is 4.78 Å². The van der Waals surface area contributed by atoms with Crippen LogP contribution in [-0.4, -0.2) is 28.8 Å². The zero-order valence-corrected chi connectivity index (χ0v) is 7.04. The molecule has 2 N–H and O–H groups in total. The van der Waals surface area contributed by atoms with Crippen molar-refractivity contribution in [2.24, 2.45) is 0 Å². The highest BCUT2D eigenvalue weighted by Gasteiger charge is 2.19. The van der Waals surface area contributed by atoms with E-state index in [1.54, 1.807) is 6.26 Å². The Morgan fingerprint density at radius 2 is 2.00 bits per heavy atom. The van der Waals surface area contributed by atoms with Crippen LogP contribution < -0.4 is 5.32 Å². The molecule has 1 aliphatic heterocycles. The van der Waals surface area contributed by atoms with Gasteiger partial charge in [0, 0.05) is 21.2 Å². The molecule has 0 radical (unpaired) electrons. The first-order chi connectivity index (χ1) is 4.61. The molecule has 1 atom stereocenters. The third-order valence-electron chi connectivity index (χ3n) is 1.92. The van der Waals surface area contributed by atoms with Crippen LogP contribution in [0.15, 0.2) is 0 Å². The molecule has 0 bridgehead atoms. The van der Waals surface area contributed by atoms with Crippen LogP contribution >= 0.6 is 0 Å².